The number of rotatable bonds is 12. The Morgan fingerprint density at radius 2 is 1.90 bits per heavy atom. The van der Waals surface area contributed by atoms with Crippen LogP contribution in [0.15, 0.2) is 54.9 Å². The topological polar surface area (TPSA) is 202 Å². The number of carbonyl (C=O) groups is 3. The summed E-state index contributed by atoms with van der Waals surface area (Å²) in [4.78, 5) is 83.2. The van der Waals surface area contributed by atoms with Crippen LogP contribution >= 0.6 is 0 Å². The lowest BCUT2D eigenvalue weighted by atomic mass is 9.84. The SMILES string of the molecule is CCn1c(-c2cnccc2COC)c2c3cc(ccc31)-c1cc(O)cc(c1)C[C@H](NC(=O)[C@H](C(C)C)N(C)[N+](=O)[C@H]1CCN(C(=O)[C@@H](C)CO)C1)C(=O)N1CCC[C@H](N1)[N+](=O)OCC(C)(C)C2. The number of methoxy groups -OCH3 is 1. The van der Waals surface area contributed by atoms with E-state index in [4.69, 9.17) is 9.57 Å². The highest BCUT2D eigenvalue weighted by molar-refractivity contribution is 5.95. The van der Waals surface area contributed by atoms with Gasteiger partial charge in [0.15, 0.2) is 12.6 Å². The molecule has 2 fully saturated rings. The number of hydrogen-bond donors (Lipinski definition) is 4. The molecule has 4 aromatic rings. The number of aryl methyl sites for hydroxylation is 1. The van der Waals surface area contributed by atoms with Crippen LogP contribution in [0.2, 0.25) is 0 Å². The molecule has 5 atom stereocenters. The van der Waals surface area contributed by atoms with Gasteiger partial charge in [-0.05, 0) is 83.8 Å². The molecule has 0 saturated carbocycles. The summed E-state index contributed by atoms with van der Waals surface area (Å²) < 4.78 is 7.90. The first-order valence-corrected chi connectivity index (χ1v) is 23.4. The summed E-state index contributed by atoms with van der Waals surface area (Å²) in [6.45, 7) is 13.0. The number of benzene rings is 2. The van der Waals surface area contributed by atoms with Gasteiger partial charge in [0.05, 0.1) is 48.2 Å². The van der Waals surface area contributed by atoms with Gasteiger partial charge in [-0.2, -0.15) is 5.43 Å². The summed E-state index contributed by atoms with van der Waals surface area (Å²) in [7, 11) is 3.19. The van der Waals surface area contributed by atoms with Crippen LogP contribution in [0.3, 0.4) is 0 Å². The fourth-order valence-corrected chi connectivity index (χ4v) is 9.91. The fourth-order valence-electron chi connectivity index (χ4n) is 9.91. The Kier molecular flexibility index (Phi) is 15.0. The van der Waals surface area contributed by atoms with Crippen molar-refractivity contribution in [3.8, 4) is 28.1 Å². The zero-order chi connectivity index (χ0) is 48.3. The van der Waals surface area contributed by atoms with Crippen molar-refractivity contribution in [3.05, 3.63) is 81.4 Å². The van der Waals surface area contributed by atoms with Gasteiger partial charge in [-0.25, -0.2) is 4.84 Å². The van der Waals surface area contributed by atoms with Crippen LogP contribution < -0.4 is 10.7 Å². The van der Waals surface area contributed by atoms with Crippen LogP contribution in [0, 0.1) is 27.1 Å². The third-order valence-electron chi connectivity index (χ3n) is 13.3. The zero-order valence-electron chi connectivity index (χ0n) is 40.0. The molecule has 2 saturated heterocycles. The predicted octanol–water partition coefficient (Wildman–Crippen LogP) is 4.90. The minimum Gasteiger partial charge on any atom is -0.508 e. The molecule has 6 bridgehead atoms. The molecule has 2 aromatic carbocycles. The van der Waals surface area contributed by atoms with Crippen LogP contribution in [0.1, 0.15) is 77.5 Å². The molecule has 18 nitrogen and oxygen atoms in total. The van der Waals surface area contributed by atoms with E-state index in [-0.39, 0.29) is 44.4 Å². The first kappa shape index (κ1) is 48.9. The number of likely N-dealkylation sites (N-methyl/N-ethyl adjacent to an activating group) is 1. The third-order valence-corrected chi connectivity index (χ3v) is 13.3. The molecule has 3 amide bonds. The molecule has 360 valence electrons. The van der Waals surface area contributed by atoms with Gasteiger partial charge in [0, 0.05) is 80.3 Å². The average molecular weight is 926 g/mol. The van der Waals surface area contributed by atoms with Gasteiger partial charge in [-0.1, -0.05) is 46.8 Å². The monoisotopic (exact) mass is 926 g/mol. The number of phenolic OH excluding ortho intramolecular Hbond substituents is 1. The van der Waals surface area contributed by atoms with E-state index < -0.39 is 53.4 Å². The van der Waals surface area contributed by atoms with Crippen LogP contribution in [-0.4, -0.2) is 133 Å². The molecule has 0 aliphatic carbocycles. The van der Waals surface area contributed by atoms with E-state index in [1.165, 1.54) is 17.1 Å². The fraction of sp³-hybridized carbons (Fsp3) is 0.551. The number of nitrogens with one attached hydrogen (secondary N) is 2. The summed E-state index contributed by atoms with van der Waals surface area (Å²) in [5.74, 6) is -2.33. The Bertz CT molecular complexity index is 2510. The van der Waals surface area contributed by atoms with Crippen molar-refractivity contribution >= 4 is 28.6 Å². The van der Waals surface area contributed by atoms with E-state index in [2.05, 4.69) is 53.2 Å². The number of phenols is 1. The average Bonchev–Trinajstić information content (AvgIpc) is 3.92. The largest absolute Gasteiger partial charge is 0.508 e. The summed E-state index contributed by atoms with van der Waals surface area (Å²) >= 11 is 0. The first-order chi connectivity index (χ1) is 31.9. The number of nitrogens with zero attached hydrogens (tertiary/aromatic N) is 7. The number of ether oxygens (including phenoxy) is 1. The molecule has 4 N–H and O–H groups in total. The van der Waals surface area contributed by atoms with E-state index in [1.54, 1.807) is 37.3 Å². The Balaban J connectivity index is 1.28. The Morgan fingerprint density at radius 1 is 1.12 bits per heavy atom. The molecular formula is C49H67N9O9+2. The summed E-state index contributed by atoms with van der Waals surface area (Å²) in [6.07, 6.45) is 4.45. The van der Waals surface area contributed by atoms with Crippen LogP contribution in [0.25, 0.3) is 33.3 Å². The van der Waals surface area contributed by atoms with E-state index in [0.717, 1.165) is 43.7 Å². The molecule has 7 rings (SSSR count). The number of aliphatic hydroxyl groups excluding tert-OH is 1. The van der Waals surface area contributed by atoms with E-state index >= 15 is 0 Å². The number of fused-ring (bicyclic) bond motifs is 6. The molecule has 18 heteroatoms. The molecule has 67 heavy (non-hydrogen) atoms. The number of carbonyl (C=O) groups excluding carboxylic acids is 3. The maximum Gasteiger partial charge on any atom is 0.326 e. The van der Waals surface area contributed by atoms with Crippen LogP contribution in [0.5, 0.6) is 5.75 Å². The number of aromatic hydroxyl groups is 1. The highest BCUT2D eigenvalue weighted by atomic mass is 16.8. The lowest BCUT2D eigenvalue weighted by Crippen LogP contribution is -2.62. The Hall–Kier alpha value is -5.98. The van der Waals surface area contributed by atoms with Crippen molar-refractivity contribution in [1.29, 1.82) is 0 Å². The number of nitroso groups, excluding NO2 is 1. The maximum atomic E-state index is 14.7. The van der Waals surface area contributed by atoms with Crippen molar-refractivity contribution in [2.24, 2.45) is 17.3 Å². The highest BCUT2D eigenvalue weighted by Gasteiger charge is 2.46. The second-order valence-electron chi connectivity index (χ2n) is 19.5. The molecule has 0 unspecified atom stereocenters. The Labute approximate surface area is 391 Å². The molecule has 3 aliphatic heterocycles. The van der Waals surface area contributed by atoms with Crippen molar-refractivity contribution in [1.82, 2.24) is 35.2 Å². The normalized spacial score (nSPS) is 20.9. The standard InChI is InChI=1S/C49H65N9O9/c1-9-55-42-13-12-33-23-38(42)39(45(55)40-25-50-16-14-34(40)28-66-8)24-49(5,6)29-67-58(65)43-11-10-17-56(52-43)48(63)41(21-32-19-35(33)22-37(60)20-32)51-46(61)44(30(2)3)53(7)57(64)36-15-18-54(26-36)47(62)31(4)27-59/h12-14,16,19-20,22-23,25,30-31,36,41,43-44,52,59H,9-11,15,17-18,21,24,26-29H2,1-8H3/p+2/t31-,36-,41-,43+,44-/m0/s1. The molecule has 3 aliphatic rings. The van der Waals surface area contributed by atoms with Gasteiger partial charge in [0.25, 0.3) is 11.9 Å². The van der Waals surface area contributed by atoms with Gasteiger partial charge < -0.3 is 29.7 Å². The number of aliphatic hydroxyl groups is 1. The number of hydrazine groups is 2. The molecule has 5 heterocycles. The molecule has 0 spiro atoms. The second-order valence-corrected chi connectivity index (χ2v) is 19.5. The van der Waals surface area contributed by atoms with Gasteiger partial charge in [0.1, 0.15) is 16.7 Å². The van der Waals surface area contributed by atoms with Crippen molar-refractivity contribution < 1.29 is 44.0 Å². The second kappa shape index (κ2) is 20.5. The van der Waals surface area contributed by atoms with E-state index in [1.807, 2.05) is 38.2 Å². The van der Waals surface area contributed by atoms with E-state index in [0.29, 0.717) is 61.4 Å². The lowest BCUT2D eigenvalue weighted by Gasteiger charge is -2.33. The molecule has 0 radical (unpaired) electrons. The van der Waals surface area contributed by atoms with Crippen molar-refractivity contribution in [2.75, 3.05) is 47.0 Å². The smallest absolute Gasteiger partial charge is 0.326 e. The predicted molar refractivity (Wildman–Crippen MR) is 250 cm³/mol. The first-order valence-electron chi connectivity index (χ1n) is 23.4. The van der Waals surface area contributed by atoms with Crippen molar-refractivity contribution in [2.45, 2.75) is 111 Å². The number of hydrogen-bond acceptors (Lipinski definition) is 11. The van der Waals surface area contributed by atoms with Crippen LogP contribution in [0.4, 0.5) is 0 Å². The molecular weight excluding hydrogens is 859 g/mol. The van der Waals surface area contributed by atoms with Gasteiger partial charge in [-0.3, -0.25) is 24.4 Å². The highest BCUT2D eigenvalue weighted by Crippen LogP contribution is 2.41. The zero-order valence-corrected chi connectivity index (χ0v) is 40.0. The summed E-state index contributed by atoms with van der Waals surface area (Å²) in [5.41, 5.74) is 9.54. The van der Waals surface area contributed by atoms with Gasteiger partial charge >= 0.3 is 6.17 Å². The van der Waals surface area contributed by atoms with Gasteiger partial charge in [-0.15, -0.1) is 5.01 Å². The van der Waals surface area contributed by atoms with Gasteiger partial charge in [0.2, 0.25) is 16.7 Å². The third kappa shape index (κ3) is 10.5. The number of likely N-dealkylation sites (tertiary alicyclic amines) is 1. The van der Waals surface area contributed by atoms with Crippen LogP contribution in [-0.2, 0) is 50.0 Å². The summed E-state index contributed by atoms with van der Waals surface area (Å²) in [5, 5.41) is 27.5. The van der Waals surface area contributed by atoms with E-state index in [9.17, 15) is 34.4 Å². The molecule has 2 aromatic heterocycles. The summed E-state index contributed by atoms with van der Waals surface area (Å²) in [6, 6.07) is 10.5. The number of aromatic nitrogens is 2. The quantitative estimate of drug-likeness (QED) is 0.111. The maximum absolute atomic E-state index is 14.7. The van der Waals surface area contributed by atoms with Crippen molar-refractivity contribution in [3.63, 3.8) is 0 Å². The minimum atomic E-state index is -1.20. The number of pyridine rings is 1. The number of amides is 3. The lowest BCUT2D eigenvalue weighted by molar-refractivity contribution is -0.835. The minimum absolute atomic E-state index is 0.0261. The Morgan fingerprint density at radius 3 is 2.61 bits per heavy atom.